The summed E-state index contributed by atoms with van der Waals surface area (Å²) >= 11 is 0. The van der Waals surface area contributed by atoms with Crippen LogP contribution in [0.5, 0.6) is 11.5 Å². The van der Waals surface area contributed by atoms with E-state index >= 15 is 0 Å². The maximum atomic E-state index is 5.65. The largest absolute Gasteiger partial charge is 0.486 e. The first-order chi connectivity index (χ1) is 10.4. The number of nitrogens with zero attached hydrogens (tertiary/aromatic N) is 1. The van der Waals surface area contributed by atoms with E-state index in [4.69, 9.17) is 9.47 Å². The molecule has 2 fully saturated rings. The molecule has 114 valence electrons. The van der Waals surface area contributed by atoms with Gasteiger partial charge in [0.25, 0.3) is 0 Å². The zero-order valence-corrected chi connectivity index (χ0v) is 12.5. The van der Waals surface area contributed by atoms with Gasteiger partial charge in [0, 0.05) is 12.6 Å². The predicted molar refractivity (Wildman–Crippen MR) is 82.1 cm³/mol. The van der Waals surface area contributed by atoms with Gasteiger partial charge in [0.2, 0.25) is 0 Å². The van der Waals surface area contributed by atoms with Crippen molar-refractivity contribution in [1.29, 1.82) is 0 Å². The van der Waals surface area contributed by atoms with Crippen molar-refractivity contribution in [3.8, 4) is 11.5 Å². The number of ether oxygens (including phenoxy) is 2. The molecule has 21 heavy (non-hydrogen) atoms. The third-order valence-corrected chi connectivity index (χ3v) is 5.06. The molecule has 4 rings (SSSR count). The molecule has 2 bridgehead atoms. The Morgan fingerprint density at radius 1 is 1.10 bits per heavy atom. The van der Waals surface area contributed by atoms with E-state index in [2.05, 4.69) is 22.3 Å². The Kier molecular flexibility index (Phi) is 3.74. The second-order valence-corrected chi connectivity index (χ2v) is 6.43. The van der Waals surface area contributed by atoms with Crippen molar-refractivity contribution in [3.05, 3.63) is 23.8 Å². The van der Waals surface area contributed by atoms with Gasteiger partial charge in [0.1, 0.15) is 13.2 Å². The highest BCUT2D eigenvalue weighted by molar-refractivity contribution is 5.43. The SMILES string of the molecule is c1cc2c(cc1CCNC1CCN3CCC1C3)OCCO2. The molecule has 2 saturated heterocycles. The van der Waals surface area contributed by atoms with Gasteiger partial charge >= 0.3 is 0 Å². The summed E-state index contributed by atoms with van der Waals surface area (Å²) in [5.41, 5.74) is 1.33. The van der Waals surface area contributed by atoms with Gasteiger partial charge < -0.3 is 19.7 Å². The Hall–Kier alpha value is -1.26. The van der Waals surface area contributed by atoms with Crippen molar-refractivity contribution >= 4 is 0 Å². The maximum absolute atomic E-state index is 5.65. The van der Waals surface area contributed by atoms with Gasteiger partial charge in [-0.1, -0.05) is 6.07 Å². The predicted octanol–water partition coefficient (Wildman–Crippen LogP) is 1.68. The Labute approximate surface area is 126 Å². The number of fused-ring (bicyclic) bond motifs is 3. The van der Waals surface area contributed by atoms with Crippen molar-refractivity contribution in [2.45, 2.75) is 25.3 Å². The van der Waals surface area contributed by atoms with Crippen LogP contribution in [0.3, 0.4) is 0 Å². The van der Waals surface area contributed by atoms with Crippen LogP contribution in [0.1, 0.15) is 18.4 Å². The highest BCUT2D eigenvalue weighted by Gasteiger charge is 2.33. The lowest BCUT2D eigenvalue weighted by molar-refractivity contribution is 0.171. The van der Waals surface area contributed by atoms with E-state index in [0.717, 1.165) is 36.4 Å². The first-order valence-electron chi connectivity index (χ1n) is 8.23. The number of rotatable bonds is 4. The number of hydrogen-bond acceptors (Lipinski definition) is 4. The van der Waals surface area contributed by atoms with Gasteiger partial charge in [-0.15, -0.1) is 0 Å². The monoisotopic (exact) mass is 288 g/mol. The molecule has 3 unspecified atom stereocenters. The van der Waals surface area contributed by atoms with Crippen LogP contribution < -0.4 is 14.8 Å². The van der Waals surface area contributed by atoms with Crippen molar-refractivity contribution in [2.75, 3.05) is 39.4 Å². The van der Waals surface area contributed by atoms with Crippen LogP contribution in [0.2, 0.25) is 0 Å². The number of benzene rings is 1. The fourth-order valence-corrected chi connectivity index (χ4v) is 3.87. The van der Waals surface area contributed by atoms with Crippen LogP contribution in [-0.4, -0.2) is 50.3 Å². The molecular weight excluding hydrogens is 264 g/mol. The minimum absolute atomic E-state index is 0.661. The van der Waals surface area contributed by atoms with Gasteiger partial charge in [-0.05, 0) is 62.5 Å². The summed E-state index contributed by atoms with van der Waals surface area (Å²) in [5, 5.41) is 3.78. The third-order valence-electron chi connectivity index (χ3n) is 5.06. The Morgan fingerprint density at radius 3 is 2.90 bits per heavy atom. The van der Waals surface area contributed by atoms with Crippen LogP contribution in [0.4, 0.5) is 0 Å². The molecule has 3 atom stereocenters. The van der Waals surface area contributed by atoms with E-state index in [9.17, 15) is 0 Å². The molecule has 1 N–H and O–H groups in total. The summed E-state index contributed by atoms with van der Waals surface area (Å²) < 4.78 is 11.2. The van der Waals surface area contributed by atoms with Crippen molar-refractivity contribution in [3.63, 3.8) is 0 Å². The molecule has 4 heteroatoms. The molecule has 0 aromatic heterocycles. The lowest BCUT2D eigenvalue weighted by Crippen LogP contribution is -2.44. The minimum atomic E-state index is 0.661. The first-order valence-corrected chi connectivity index (χ1v) is 8.23. The topological polar surface area (TPSA) is 33.7 Å². The smallest absolute Gasteiger partial charge is 0.161 e. The molecule has 0 amide bonds. The second kappa shape index (κ2) is 5.85. The van der Waals surface area contributed by atoms with Crippen LogP contribution in [0.15, 0.2) is 18.2 Å². The van der Waals surface area contributed by atoms with Crippen LogP contribution in [0, 0.1) is 5.92 Å². The summed E-state index contributed by atoms with van der Waals surface area (Å²) in [6, 6.07) is 7.06. The molecule has 0 spiro atoms. The van der Waals surface area contributed by atoms with E-state index in [1.807, 2.05) is 6.07 Å². The molecule has 3 aliphatic rings. The lowest BCUT2D eigenvalue weighted by atomic mass is 9.94. The quantitative estimate of drug-likeness (QED) is 0.914. The van der Waals surface area contributed by atoms with Gasteiger partial charge in [-0.3, -0.25) is 0 Å². The molecule has 3 heterocycles. The summed E-state index contributed by atoms with van der Waals surface area (Å²) in [7, 11) is 0. The Morgan fingerprint density at radius 2 is 1.95 bits per heavy atom. The molecule has 0 aliphatic carbocycles. The van der Waals surface area contributed by atoms with Gasteiger partial charge in [0.15, 0.2) is 11.5 Å². The van der Waals surface area contributed by atoms with Crippen LogP contribution >= 0.6 is 0 Å². The zero-order valence-electron chi connectivity index (χ0n) is 12.5. The van der Waals surface area contributed by atoms with Crippen molar-refractivity contribution < 1.29 is 9.47 Å². The summed E-state index contributed by atoms with van der Waals surface area (Å²) in [5.74, 6) is 2.66. The third kappa shape index (κ3) is 2.87. The maximum Gasteiger partial charge on any atom is 0.161 e. The highest BCUT2D eigenvalue weighted by atomic mass is 16.6. The average Bonchev–Trinajstić information content (AvgIpc) is 2.92. The van der Waals surface area contributed by atoms with Gasteiger partial charge in [0.05, 0.1) is 0 Å². The van der Waals surface area contributed by atoms with E-state index in [1.54, 1.807) is 0 Å². The summed E-state index contributed by atoms with van der Waals surface area (Å²) in [6.45, 7) is 6.27. The normalized spacial score (nSPS) is 30.4. The summed E-state index contributed by atoms with van der Waals surface area (Å²) in [4.78, 5) is 2.60. The lowest BCUT2D eigenvalue weighted by Gasteiger charge is -2.31. The van der Waals surface area contributed by atoms with Crippen LogP contribution in [-0.2, 0) is 6.42 Å². The van der Waals surface area contributed by atoms with E-state index < -0.39 is 0 Å². The average molecular weight is 288 g/mol. The highest BCUT2D eigenvalue weighted by Crippen LogP contribution is 2.31. The van der Waals surface area contributed by atoms with E-state index in [-0.39, 0.29) is 0 Å². The van der Waals surface area contributed by atoms with Crippen molar-refractivity contribution in [1.82, 2.24) is 10.2 Å². The molecule has 0 radical (unpaired) electrons. The summed E-state index contributed by atoms with van der Waals surface area (Å²) in [6.07, 6.45) is 3.75. The first kappa shape index (κ1) is 13.4. The Bertz CT molecular complexity index is 506. The van der Waals surface area contributed by atoms with Crippen molar-refractivity contribution in [2.24, 2.45) is 5.92 Å². The number of piperidine rings is 1. The number of hydrogen-bond donors (Lipinski definition) is 1. The molecule has 1 aromatic carbocycles. The standard InChI is InChI=1S/C17H24N2O2/c1-2-16-17(21-10-9-20-16)11-13(1)3-6-18-15-5-8-19-7-4-14(15)12-19/h1-2,11,14-15,18H,3-10,12H2. The molecule has 4 nitrogen and oxygen atoms in total. The fraction of sp³-hybridized carbons (Fsp3) is 0.647. The van der Waals surface area contributed by atoms with Gasteiger partial charge in [-0.2, -0.15) is 0 Å². The molecular formula is C17H24N2O2. The zero-order chi connectivity index (χ0) is 14.1. The molecule has 3 aliphatic heterocycles. The second-order valence-electron chi connectivity index (χ2n) is 6.43. The minimum Gasteiger partial charge on any atom is -0.486 e. The number of nitrogens with one attached hydrogen (secondary N) is 1. The molecule has 0 saturated carbocycles. The Balaban J connectivity index is 1.30. The van der Waals surface area contributed by atoms with E-state index in [0.29, 0.717) is 13.2 Å². The van der Waals surface area contributed by atoms with Crippen LogP contribution in [0.25, 0.3) is 0 Å². The van der Waals surface area contributed by atoms with Gasteiger partial charge in [-0.25, -0.2) is 0 Å². The molecule has 1 aromatic rings. The van der Waals surface area contributed by atoms with E-state index in [1.165, 1.54) is 38.0 Å². The fourth-order valence-electron chi connectivity index (χ4n) is 3.87.